The van der Waals surface area contributed by atoms with Crippen molar-refractivity contribution in [2.75, 3.05) is 7.11 Å². The van der Waals surface area contributed by atoms with Gasteiger partial charge in [0.15, 0.2) is 0 Å². The Bertz CT molecular complexity index is 591. The van der Waals surface area contributed by atoms with E-state index in [-0.39, 0.29) is 17.9 Å². The number of ether oxygens (including phenoxy) is 1. The third kappa shape index (κ3) is 2.68. The lowest BCUT2D eigenvalue weighted by Gasteiger charge is -2.11. The van der Waals surface area contributed by atoms with Crippen LogP contribution in [0.25, 0.3) is 11.1 Å². The van der Waals surface area contributed by atoms with Crippen LogP contribution in [0, 0.1) is 0 Å². The molecule has 2 N–H and O–H groups in total. The van der Waals surface area contributed by atoms with E-state index in [1.54, 1.807) is 24.3 Å². The molecule has 2 rings (SSSR count). The molecule has 0 heterocycles. The number of hydrogen-bond acceptors (Lipinski definition) is 4. The Morgan fingerprint density at radius 1 is 1.11 bits per heavy atom. The van der Waals surface area contributed by atoms with Gasteiger partial charge >= 0.3 is 5.97 Å². The van der Waals surface area contributed by atoms with E-state index in [0.29, 0.717) is 16.7 Å². The van der Waals surface area contributed by atoms with Crippen LogP contribution in [0.4, 0.5) is 0 Å². The zero-order valence-corrected chi connectivity index (χ0v) is 10.5. The lowest BCUT2D eigenvalue weighted by Crippen LogP contribution is -2.04. The minimum Gasteiger partial charge on any atom is -0.507 e. The van der Waals surface area contributed by atoms with Gasteiger partial charge in [0.25, 0.3) is 0 Å². The number of carbonyl (C=O) groups is 1. The summed E-state index contributed by atoms with van der Waals surface area (Å²) in [6.07, 6.45) is -0.0392. The van der Waals surface area contributed by atoms with Gasteiger partial charge in [0.05, 0.1) is 19.1 Å². The zero-order chi connectivity index (χ0) is 13.8. The number of benzene rings is 2. The number of rotatable bonds is 3. The summed E-state index contributed by atoms with van der Waals surface area (Å²) in [6.45, 7) is 0. The molecule has 0 radical (unpaired) electrons. The van der Waals surface area contributed by atoms with Crippen molar-refractivity contribution in [2.24, 2.45) is 0 Å². The zero-order valence-electron chi connectivity index (χ0n) is 10.5. The van der Waals surface area contributed by atoms with Gasteiger partial charge in [-0.3, -0.25) is 4.79 Å². The molecule has 19 heavy (non-hydrogen) atoms. The van der Waals surface area contributed by atoms with E-state index in [4.69, 9.17) is 0 Å². The molecule has 0 fully saturated rings. The number of phenols is 2. The van der Waals surface area contributed by atoms with Gasteiger partial charge in [-0.1, -0.05) is 36.4 Å². The quantitative estimate of drug-likeness (QED) is 0.830. The number of esters is 1. The average Bonchev–Trinajstić information content (AvgIpc) is 2.43. The summed E-state index contributed by atoms with van der Waals surface area (Å²) < 4.78 is 4.57. The van der Waals surface area contributed by atoms with E-state index in [9.17, 15) is 15.0 Å². The highest BCUT2D eigenvalue weighted by Gasteiger charge is 2.16. The molecule has 0 amide bonds. The molecule has 0 atom stereocenters. The fourth-order valence-electron chi connectivity index (χ4n) is 1.88. The first-order valence-electron chi connectivity index (χ1n) is 5.79. The molecule has 0 aromatic heterocycles. The predicted molar refractivity (Wildman–Crippen MR) is 70.9 cm³/mol. The van der Waals surface area contributed by atoms with Gasteiger partial charge in [0.1, 0.15) is 11.5 Å². The molecular weight excluding hydrogens is 244 g/mol. The van der Waals surface area contributed by atoms with E-state index in [1.807, 2.05) is 6.07 Å². The molecular formula is C15H14O4. The molecule has 0 spiro atoms. The molecule has 0 aliphatic heterocycles. The molecule has 0 saturated heterocycles. The predicted octanol–water partition coefficient (Wildman–Crippen LogP) is 2.48. The molecule has 4 nitrogen and oxygen atoms in total. The van der Waals surface area contributed by atoms with Gasteiger partial charge in [-0.2, -0.15) is 0 Å². The van der Waals surface area contributed by atoms with Gasteiger partial charge in [0.2, 0.25) is 0 Å². The lowest BCUT2D eigenvalue weighted by atomic mass is 9.99. The van der Waals surface area contributed by atoms with Crippen molar-refractivity contribution in [3.63, 3.8) is 0 Å². The SMILES string of the molecule is COC(=O)Cc1ccc(O)c(-c2ccccc2)c1O. The van der Waals surface area contributed by atoms with Crippen LogP contribution in [0.1, 0.15) is 5.56 Å². The number of aromatic hydroxyl groups is 2. The summed E-state index contributed by atoms with van der Waals surface area (Å²) in [5, 5.41) is 20.1. The molecule has 0 unspecified atom stereocenters. The smallest absolute Gasteiger partial charge is 0.310 e. The minimum absolute atomic E-state index is 0.0303. The molecule has 98 valence electrons. The topological polar surface area (TPSA) is 66.8 Å². The van der Waals surface area contributed by atoms with Gasteiger partial charge in [-0.05, 0) is 11.6 Å². The number of carbonyl (C=O) groups excluding carboxylic acids is 1. The first-order valence-corrected chi connectivity index (χ1v) is 5.79. The van der Waals surface area contributed by atoms with E-state index < -0.39 is 5.97 Å². The van der Waals surface area contributed by atoms with Gasteiger partial charge in [-0.25, -0.2) is 0 Å². The summed E-state index contributed by atoms with van der Waals surface area (Å²) in [5.41, 5.74) is 1.43. The number of phenolic OH excluding ortho intramolecular Hbond substituents is 2. The Morgan fingerprint density at radius 3 is 2.42 bits per heavy atom. The molecule has 0 aliphatic carbocycles. The maximum atomic E-state index is 11.3. The summed E-state index contributed by atoms with van der Waals surface area (Å²) in [5.74, 6) is -0.575. The van der Waals surface area contributed by atoms with Crippen molar-refractivity contribution in [3.8, 4) is 22.6 Å². The normalized spacial score (nSPS) is 10.2. The Balaban J connectivity index is 2.49. The van der Waals surface area contributed by atoms with Gasteiger partial charge in [-0.15, -0.1) is 0 Å². The van der Waals surface area contributed by atoms with Crippen molar-refractivity contribution < 1.29 is 19.7 Å². The molecule has 0 aliphatic rings. The van der Waals surface area contributed by atoms with Crippen LogP contribution in [0.3, 0.4) is 0 Å². The van der Waals surface area contributed by atoms with Crippen molar-refractivity contribution in [1.29, 1.82) is 0 Å². The molecule has 4 heteroatoms. The first kappa shape index (κ1) is 13.0. The van der Waals surface area contributed by atoms with Gasteiger partial charge in [0, 0.05) is 5.56 Å². The van der Waals surface area contributed by atoms with Crippen LogP contribution in [0.2, 0.25) is 0 Å². The average molecular weight is 258 g/mol. The summed E-state index contributed by atoms with van der Waals surface area (Å²) in [4.78, 5) is 11.3. The third-order valence-corrected chi connectivity index (χ3v) is 2.86. The fraction of sp³-hybridized carbons (Fsp3) is 0.133. The highest BCUT2D eigenvalue weighted by molar-refractivity contribution is 5.81. The second-order valence-corrected chi connectivity index (χ2v) is 4.09. The first-order chi connectivity index (χ1) is 9.13. The molecule has 2 aromatic carbocycles. The molecule has 0 bridgehead atoms. The van der Waals surface area contributed by atoms with E-state index in [1.165, 1.54) is 19.2 Å². The number of methoxy groups -OCH3 is 1. The van der Waals surface area contributed by atoms with Crippen molar-refractivity contribution in [3.05, 3.63) is 48.0 Å². The number of hydrogen-bond donors (Lipinski definition) is 2. The van der Waals surface area contributed by atoms with Crippen LogP contribution < -0.4 is 0 Å². The molecule has 0 saturated carbocycles. The summed E-state index contributed by atoms with van der Waals surface area (Å²) >= 11 is 0. The van der Waals surface area contributed by atoms with Gasteiger partial charge < -0.3 is 14.9 Å². The van der Waals surface area contributed by atoms with Crippen LogP contribution >= 0.6 is 0 Å². The van der Waals surface area contributed by atoms with E-state index in [0.717, 1.165) is 0 Å². The van der Waals surface area contributed by atoms with Crippen molar-refractivity contribution in [1.82, 2.24) is 0 Å². The van der Waals surface area contributed by atoms with Crippen LogP contribution in [-0.2, 0) is 16.0 Å². The van der Waals surface area contributed by atoms with Crippen LogP contribution in [0.5, 0.6) is 11.5 Å². The fourth-order valence-corrected chi connectivity index (χ4v) is 1.88. The largest absolute Gasteiger partial charge is 0.507 e. The Hall–Kier alpha value is -2.49. The highest BCUT2D eigenvalue weighted by Crippen LogP contribution is 2.39. The van der Waals surface area contributed by atoms with Crippen molar-refractivity contribution >= 4 is 5.97 Å². The lowest BCUT2D eigenvalue weighted by molar-refractivity contribution is -0.139. The second kappa shape index (κ2) is 5.44. The third-order valence-electron chi connectivity index (χ3n) is 2.86. The van der Waals surface area contributed by atoms with E-state index in [2.05, 4.69) is 4.74 Å². The standard InChI is InChI=1S/C15H14O4/c1-19-13(17)9-11-7-8-12(16)14(15(11)18)10-5-3-2-4-6-10/h2-8,16,18H,9H2,1H3. The maximum Gasteiger partial charge on any atom is 0.310 e. The van der Waals surface area contributed by atoms with E-state index >= 15 is 0 Å². The highest BCUT2D eigenvalue weighted by atomic mass is 16.5. The minimum atomic E-state index is -0.444. The maximum absolute atomic E-state index is 11.3. The monoisotopic (exact) mass is 258 g/mol. The summed E-state index contributed by atoms with van der Waals surface area (Å²) in [7, 11) is 1.29. The van der Waals surface area contributed by atoms with Crippen LogP contribution in [-0.4, -0.2) is 23.3 Å². The Kier molecular flexibility index (Phi) is 3.71. The summed E-state index contributed by atoms with van der Waals surface area (Å²) in [6, 6.07) is 12.0. The Labute approximate surface area is 110 Å². The Morgan fingerprint density at radius 2 is 1.79 bits per heavy atom. The second-order valence-electron chi connectivity index (χ2n) is 4.09. The molecule has 2 aromatic rings. The van der Waals surface area contributed by atoms with Crippen molar-refractivity contribution in [2.45, 2.75) is 6.42 Å². The van der Waals surface area contributed by atoms with Crippen LogP contribution in [0.15, 0.2) is 42.5 Å².